The number of halogens is 3. The van der Waals surface area contributed by atoms with Gasteiger partial charge in [-0.05, 0) is 12.1 Å². The number of hydrogen-bond donors (Lipinski definition) is 2. The number of hydrogen-bond acceptors (Lipinski definition) is 4. The molecule has 1 heterocycles. The highest BCUT2D eigenvalue weighted by Gasteiger charge is 2.25. The van der Waals surface area contributed by atoms with Crippen LogP contribution < -0.4 is 10.0 Å². The van der Waals surface area contributed by atoms with Crippen LogP contribution in [0, 0.1) is 17.5 Å². The fraction of sp³-hybridized carbons (Fsp3) is 0.455. The highest BCUT2D eigenvalue weighted by Crippen LogP contribution is 2.19. The van der Waals surface area contributed by atoms with E-state index in [0.29, 0.717) is 31.9 Å². The first kappa shape index (κ1) is 15.2. The minimum atomic E-state index is -4.26. The Hall–Kier alpha value is -1.16. The Morgan fingerprint density at radius 3 is 2.70 bits per heavy atom. The lowest BCUT2D eigenvalue weighted by Gasteiger charge is -2.23. The van der Waals surface area contributed by atoms with Crippen LogP contribution in [0.1, 0.15) is 0 Å². The third-order valence-electron chi connectivity index (χ3n) is 2.81. The van der Waals surface area contributed by atoms with Crippen molar-refractivity contribution in [1.82, 2.24) is 10.0 Å². The lowest BCUT2D eigenvalue weighted by molar-refractivity contribution is 0.0784. The van der Waals surface area contributed by atoms with Crippen LogP contribution in [0.25, 0.3) is 0 Å². The number of morpholine rings is 1. The number of benzene rings is 1. The first-order valence-electron chi connectivity index (χ1n) is 5.86. The quantitative estimate of drug-likeness (QED) is 0.789. The molecule has 0 saturated carbocycles. The highest BCUT2D eigenvalue weighted by molar-refractivity contribution is 7.89. The number of nitrogens with one attached hydrogen (secondary N) is 2. The highest BCUT2D eigenvalue weighted by atomic mass is 32.2. The summed E-state index contributed by atoms with van der Waals surface area (Å²) in [5.41, 5.74) is 0. The summed E-state index contributed by atoms with van der Waals surface area (Å²) >= 11 is 0. The van der Waals surface area contributed by atoms with Crippen LogP contribution in [0.2, 0.25) is 0 Å². The van der Waals surface area contributed by atoms with Gasteiger partial charge in [-0.2, -0.15) is 0 Å². The van der Waals surface area contributed by atoms with Gasteiger partial charge in [0.05, 0.1) is 13.2 Å². The normalized spacial score (nSPS) is 20.1. The molecule has 0 radical (unpaired) electrons. The SMILES string of the molecule is O=S(=O)(NCC1COCCN1)c1ccc(F)c(F)c1F. The van der Waals surface area contributed by atoms with Crippen molar-refractivity contribution < 1.29 is 26.3 Å². The molecule has 0 aromatic heterocycles. The van der Waals surface area contributed by atoms with Gasteiger partial charge in [0.15, 0.2) is 17.5 Å². The van der Waals surface area contributed by atoms with E-state index in [9.17, 15) is 21.6 Å². The topological polar surface area (TPSA) is 67.4 Å². The van der Waals surface area contributed by atoms with Crippen LogP contribution in [0.5, 0.6) is 0 Å². The van der Waals surface area contributed by atoms with E-state index in [1.165, 1.54) is 0 Å². The Bertz CT molecular complexity index is 589. The van der Waals surface area contributed by atoms with Gasteiger partial charge in [-0.25, -0.2) is 26.3 Å². The minimum absolute atomic E-state index is 0.0409. The summed E-state index contributed by atoms with van der Waals surface area (Å²) in [5, 5.41) is 3.00. The summed E-state index contributed by atoms with van der Waals surface area (Å²) in [4.78, 5) is -0.923. The number of ether oxygens (including phenoxy) is 1. The second-order valence-corrected chi connectivity index (χ2v) is 5.99. The molecule has 0 amide bonds. The van der Waals surface area contributed by atoms with Crippen LogP contribution in [-0.4, -0.2) is 40.8 Å². The molecule has 2 rings (SSSR count). The van der Waals surface area contributed by atoms with Crippen molar-refractivity contribution in [3.05, 3.63) is 29.6 Å². The van der Waals surface area contributed by atoms with Crippen molar-refractivity contribution in [3.63, 3.8) is 0 Å². The Labute approximate surface area is 114 Å². The Morgan fingerprint density at radius 2 is 2.05 bits per heavy atom. The maximum Gasteiger partial charge on any atom is 0.243 e. The molecule has 1 fully saturated rings. The van der Waals surface area contributed by atoms with Gasteiger partial charge in [0.1, 0.15) is 4.90 Å². The molecule has 2 N–H and O–H groups in total. The van der Waals surface area contributed by atoms with Crippen molar-refractivity contribution >= 4 is 10.0 Å². The Kier molecular flexibility index (Phi) is 4.63. The summed E-state index contributed by atoms with van der Waals surface area (Å²) in [6.45, 7) is 1.37. The van der Waals surface area contributed by atoms with E-state index in [2.05, 4.69) is 10.0 Å². The first-order chi connectivity index (χ1) is 9.42. The summed E-state index contributed by atoms with van der Waals surface area (Å²) in [6, 6.07) is 0.988. The second-order valence-electron chi connectivity index (χ2n) is 4.25. The predicted molar refractivity (Wildman–Crippen MR) is 64.1 cm³/mol. The molecule has 1 atom stereocenters. The Morgan fingerprint density at radius 1 is 1.30 bits per heavy atom. The molecule has 1 aliphatic rings. The zero-order chi connectivity index (χ0) is 14.8. The monoisotopic (exact) mass is 310 g/mol. The van der Waals surface area contributed by atoms with E-state index in [1.54, 1.807) is 0 Å². The molecular formula is C11H13F3N2O3S. The smallest absolute Gasteiger partial charge is 0.243 e. The van der Waals surface area contributed by atoms with Crippen LogP contribution in [0.3, 0.4) is 0 Å². The molecule has 1 saturated heterocycles. The van der Waals surface area contributed by atoms with Gasteiger partial charge in [-0.3, -0.25) is 0 Å². The van der Waals surface area contributed by atoms with E-state index in [0.717, 1.165) is 0 Å². The number of rotatable bonds is 4. The van der Waals surface area contributed by atoms with Crippen LogP contribution in [-0.2, 0) is 14.8 Å². The number of sulfonamides is 1. The third-order valence-corrected chi connectivity index (χ3v) is 4.25. The van der Waals surface area contributed by atoms with Crippen LogP contribution >= 0.6 is 0 Å². The zero-order valence-corrected chi connectivity index (χ0v) is 11.1. The van der Waals surface area contributed by atoms with E-state index in [4.69, 9.17) is 4.74 Å². The molecule has 5 nitrogen and oxygen atoms in total. The fourth-order valence-corrected chi connectivity index (χ4v) is 2.90. The fourth-order valence-electron chi connectivity index (χ4n) is 1.75. The summed E-state index contributed by atoms with van der Waals surface area (Å²) in [7, 11) is -4.26. The van der Waals surface area contributed by atoms with Crippen molar-refractivity contribution in [2.75, 3.05) is 26.3 Å². The predicted octanol–water partition coefficient (Wildman–Crippen LogP) is 0.371. The largest absolute Gasteiger partial charge is 0.378 e. The molecular weight excluding hydrogens is 297 g/mol. The molecule has 0 spiro atoms. The standard InChI is InChI=1S/C11H13F3N2O3S/c12-8-1-2-9(11(14)10(8)13)20(17,18)16-5-7-6-19-4-3-15-7/h1-2,7,15-16H,3-6H2. The molecule has 1 unspecified atom stereocenters. The molecule has 20 heavy (non-hydrogen) atoms. The van der Waals surface area contributed by atoms with Gasteiger partial charge >= 0.3 is 0 Å². The lowest BCUT2D eigenvalue weighted by atomic mass is 10.3. The van der Waals surface area contributed by atoms with Crippen molar-refractivity contribution in [1.29, 1.82) is 0 Å². The van der Waals surface area contributed by atoms with Gasteiger partial charge in [-0.1, -0.05) is 0 Å². The minimum Gasteiger partial charge on any atom is -0.378 e. The molecule has 9 heteroatoms. The maximum atomic E-state index is 13.4. The summed E-state index contributed by atoms with van der Waals surface area (Å²) < 4.78 is 70.2. The van der Waals surface area contributed by atoms with E-state index in [1.807, 2.05) is 0 Å². The first-order valence-corrected chi connectivity index (χ1v) is 7.34. The molecule has 1 aromatic rings. The third kappa shape index (κ3) is 3.29. The van der Waals surface area contributed by atoms with Crippen molar-refractivity contribution in [2.24, 2.45) is 0 Å². The van der Waals surface area contributed by atoms with Gasteiger partial charge in [0.2, 0.25) is 10.0 Å². The van der Waals surface area contributed by atoms with Gasteiger partial charge in [-0.15, -0.1) is 0 Å². The second kappa shape index (κ2) is 6.08. The lowest BCUT2D eigenvalue weighted by Crippen LogP contribution is -2.48. The van der Waals surface area contributed by atoms with E-state index >= 15 is 0 Å². The van der Waals surface area contributed by atoms with E-state index in [-0.39, 0.29) is 12.6 Å². The molecule has 1 aromatic carbocycles. The van der Waals surface area contributed by atoms with Crippen molar-refractivity contribution in [2.45, 2.75) is 10.9 Å². The summed E-state index contributed by atoms with van der Waals surface area (Å²) in [5.74, 6) is -4.99. The summed E-state index contributed by atoms with van der Waals surface area (Å²) in [6.07, 6.45) is 0. The molecule has 112 valence electrons. The molecule has 0 aliphatic carbocycles. The molecule has 0 bridgehead atoms. The average molecular weight is 310 g/mol. The van der Waals surface area contributed by atoms with Gasteiger partial charge < -0.3 is 10.1 Å². The van der Waals surface area contributed by atoms with Gasteiger partial charge in [0.25, 0.3) is 0 Å². The van der Waals surface area contributed by atoms with E-state index < -0.39 is 32.4 Å². The van der Waals surface area contributed by atoms with Gasteiger partial charge in [0, 0.05) is 19.1 Å². The van der Waals surface area contributed by atoms with Crippen LogP contribution in [0.4, 0.5) is 13.2 Å². The van der Waals surface area contributed by atoms with Crippen LogP contribution in [0.15, 0.2) is 17.0 Å². The zero-order valence-electron chi connectivity index (χ0n) is 10.3. The Balaban J connectivity index is 2.12. The maximum absolute atomic E-state index is 13.4. The molecule has 1 aliphatic heterocycles. The average Bonchev–Trinajstić information content (AvgIpc) is 2.44. The van der Waals surface area contributed by atoms with Crippen molar-refractivity contribution in [3.8, 4) is 0 Å².